The standard InChI is InChI=1S/C23H29F3N6S/c1-14(2)20(16-8-29-30(3)9-16)31-5-4-15-10-32(12-17(15)11-31)21-19-6-18(7-23(24,25)26)33-22(19)28-13-27-21/h6,8-9,13-15,17,20H,4-5,7,10-12H2,1-3H3/t15-,17+,20+/m1/s1. The van der Waals surface area contributed by atoms with Gasteiger partial charge in [-0.05, 0) is 36.8 Å². The number of nitrogens with zero attached hydrogens (tertiary/aromatic N) is 6. The molecule has 0 bridgehead atoms. The first-order valence-corrected chi connectivity index (χ1v) is 12.3. The number of hydrogen-bond acceptors (Lipinski definition) is 6. The van der Waals surface area contributed by atoms with Crippen LogP contribution in [0.25, 0.3) is 10.2 Å². The molecule has 33 heavy (non-hydrogen) atoms. The number of piperidine rings is 1. The molecular weight excluding hydrogens is 449 g/mol. The van der Waals surface area contributed by atoms with Crippen LogP contribution in [-0.2, 0) is 13.5 Å². The van der Waals surface area contributed by atoms with E-state index in [2.05, 4.69) is 44.9 Å². The first-order chi connectivity index (χ1) is 15.7. The van der Waals surface area contributed by atoms with E-state index in [9.17, 15) is 13.2 Å². The minimum atomic E-state index is -4.22. The van der Waals surface area contributed by atoms with Crippen molar-refractivity contribution in [3.8, 4) is 0 Å². The number of likely N-dealkylation sites (tertiary alicyclic amines) is 1. The third-order valence-electron chi connectivity index (χ3n) is 6.96. The maximum Gasteiger partial charge on any atom is 0.393 e. The number of anilines is 1. The molecule has 2 aliphatic heterocycles. The summed E-state index contributed by atoms with van der Waals surface area (Å²) < 4.78 is 40.6. The number of halogens is 3. The predicted molar refractivity (Wildman–Crippen MR) is 123 cm³/mol. The van der Waals surface area contributed by atoms with Gasteiger partial charge in [0.1, 0.15) is 17.0 Å². The van der Waals surface area contributed by atoms with Gasteiger partial charge in [-0.15, -0.1) is 11.3 Å². The molecule has 0 spiro atoms. The Morgan fingerprint density at radius 3 is 2.64 bits per heavy atom. The highest BCUT2D eigenvalue weighted by molar-refractivity contribution is 7.18. The van der Waals surface area contributed by atoms with Crippen molar-refractivity contribution >= 4 is 27.4 Å². The first-order valence-electron chi connectivity index (χ1n) is 11.5. The zero-order valence-corrected chi connectivity index (χ0v) is 19.9. The average molecular weight is 479 g/mol. The number of aromatic nitrogens is 4. The topological polar surface area (TPSA) is 50.1 Å². The van der Waals surface area contributed by atoms with Gasteiger partial charge >= 0.3 is 6.18 Å². The third kappa shape index (κ3) is 4.59. The summed E-state index contributed by atoms with van der Waals surface area (Å²) in [6.45, 7) is 8.34. The Balaban J connectivity index is 1.35. The molecule has 2 saturated heterocycles. The van der Waals surface area contributed by atoms with E-state index < -0.39 is 12.6 Å². The zero-order chi connectivity index (χ0) is 23.3. The van der Waals surface area contributed by atoms with Crippen LogP contribution in [0.1, 0.15) is 36.8 Å². The molecule has 0 unspecified atom stereocenters. The van der Waals surface area contributed by atoms with Crippen LogP contribution in [0.4, 0.5) is 19.0 Å². The summed E-state index contributed by atoms with van der Waals surface area (Å²) >= 11 is 1.12. The molecule has 3 aromatic rings. The van der Waals surface area contributed by atoms with Gasteiger partial charge in [-0.2, -0.15) is 18.3 Å². The van der Waals surface area contributed by atoms with Gasteiger partial charge in [0.15, 0.2) is 0 Å². The number of fused-ring (bicyclic) bond motifs is 2. The summed E-state index contributed by atoms with van der Waals surface area (Å²) in [6, 6.07) is 1.97. The highest BCUT2D eigenvalue weighted by Gasteiger charge is 2.40. The SMILES string of the molecule is CC(C)[C@@H](c1cnn(C)c1)N1CC[C@@H]2CN(c3ncnc4sc(CC(F)(F)F)cc34)C[C@@H]2C1. The second-order valence-electron chi connectivity index (χ2n) is 9.77. The molecule has 0 amide bonds. The number of hydrogen-bond donors (Lipinski definition) is 0. The Kier molecular flexibility index (Phi) is 5.84. The molecule has 2 fully saturated rings. The summed E-state index contributed by atoms with van der Waals surface area (Å²) in [7, 11) is 1.95. The largest absolute Gasteiger partial charge is 0.393 e. The Hall–Kier alpha value is -2.20. The molecule has 3 aromatic heterocycles. The number of thiophene rings is 1. The monoisotopic (exact) mass is 478 g/mol. The molecule has 0 aromatic carbocycles. The maximum atomic E-state index is 12.9. The van der Waals surface area contributed by atoms with E-state index in [1.165, 1.54) is 11.9 Å². The van der Waals surface area contributed by atoms with Gasteiger partial charge in [0.2, 0.25) is 0 Å². The van der Waals surface area contributed by atoms with Crippen molar-refractivity contribution < 1.29 is 13.2 Å². The fraction of sp³-hybridized carbons (Fsp3) is 0.609. The minimum absolute atomic E-state index is 0.290. The highest BCUT2D eigenvalue weighted by Crippen LogP contribution is 2.41. The van der Waals surface area contributed by atoms with Crippen LogP contribution in [0.5, 0.6) is 0 Å². The van der Waals surface area contributed by atoms with Crippen LogP contribution in [0.15, 0.2) is 24.8 Å². The average Bonchev–Trinajstić information content (AvgIpc) is 3.43. The van der Waals surface area contributed by atoms with Crippen molar-refractivity contribution in [2.45, 2.75) is 38.9 Å². The lowest BCUT2D eigenvalue weighted by Gasteiger charge is -2.40. The van der Waals surface area contributed by atoms with Gasteiger partial charge in [0, 0.05) is 49.4 Å². The van der Waals surface area contributed by atoms with Gasteiger partial charge in [0.25, 0.3) is 0 Å². The van der Waals surface area contributed by atoms with Crippen molar-refractivity contribution in [3.63, 3.8) is 0 Å². The van der Waals surface area contributed by atoms with E-state index in [1.807, 2.05) is 17.9 Å². The lowest BCUT2D eigenvalue weighted by Crippen LogP contribution is -2.43. The van der Waals surface area contributed by atoms with Crippen molar-refractivity contribution in [2.75, 3.05) is 31.1 Å². The van der Waals surface area contributed by atoms with Gasteiger partial charge in [0.05, 0.1) is 18.0 Å². The Labute approximate surface area is 195 Å². The van der Waals surface area contributed by atoms with Gasteiger partial charge in [-0.3, -0.25) is 9.58 Å². The molecule has 3 atom stereocenters. The Bertz CT molecular complexity index is 1120. The highest BCUT2D eigenvalue weighted by atomic mass is 32.1. The van der Waals surface area contributed by atoms with E-state index in [-0.39, 0.29) is 0 Å². The predicted octanol–water partition coefficient (Wildman–Crippen LogP) is 4.69. The summed E-state index contributed by atoms with van der Waals surface area (Å²) in [6.07, 6.45) is 1.55. The summed E-state index contributed by atoms with van der Waals surface area (Å²) in [5.74, 6) is 2.33. The Morgan fingerprint density at radius 2 is 1.94 bits per heavy atom. The maximum absolute atomic E-state index is 12.9. The summed E-state index contributed by atoms with van der Waals surface area (Å²) in [4.78, 5) is 14.5. The van der Waals surface area contributed by atoms with Crippen LogP contribution in [0, 0.1) is 17.8 Å². The minimum Gasteiger partial charge on any atom is -0.355 e. The van der Waals surface area contributed by atoms with Crippen LogP contribution < -0.4 is 4.90 Å². The third-order valence-corrected chi connectivity index (χ3v) is 8.00. The molecule has 0 radical (unpaired) electrons. The molecule has 0 saturated carbocycles. The van der Waals surface area contributed by atoms with Crippen LogP contribution in [0.3, 0.4) is 0 Å². The fourth-order valence-corrected chi connectivity index (χ4v) is 6.68. The van der Waals surface area contributed by atoms with E-state index >= 15 is 0 Å². The second-order valence-corrected chi connectivity index (χ2v) is 10.9. The molecule has 0 N–H and O–H groups in total. The lowest BCUT2D eigenvalue weighted by atomic mass is 9.85. The molecular formula is C23H29F3N6S. The molecule has 0 aliphatic carbocycles. The molecule has 178 valence electrons. The van der Waals surface area contributed by atoms with Crippen molar-refractivity contribution in [1.29, 1.82) is 0 Å². The summed E-state index contributed by atoms with van der Waals surface area (Å²) in [5, 5.41) is 5.13. The Morgan fingerprint density at radius 1 is 1.15 bits per heavy atom. The van der Waals surface area contributed by atoms with Crippen LogP contribution in [-0.4, -0.2) is 57.0 Å². The fourth-order valence-electron chi connectivity index (χ4n) is 5.66. The van der Waals surface area contributed by atoms with Crippen LogP contribution >= 0.6 is 11.3 Å². The quantitative estimate of drug-likeness (QED) is 0.533. The lowest BCUT2D eigenvalue weighted by molar-refractivity contribution is -0.126. The molecule has 5 rings (SSSR count). The van der Waals surface area contributed by atoms with Gasteiger partial charge in [-0.25, -0.2) is 9.97 Å². The number of rotatable bonds is 5. The van der Waals surface area contributed by atoms with E-state index in [0.717, 1.165) is 55.1 Å². The molecule has 2 aliphatic rings. The zero-order valence-electron chi connectivity index (χ0n) is 19.1. The van der Waals surface area contributed by atoms with Gasteiger partial charge < -0.3 is 4.90 Å². The molecule has 5 heterocycles. The van der Waals surface area contributed by atoms with E-state index in [1.54, 1.807) is 6.07 Å². The number of alkyl halides is 3. The molecule has 6 nitrogen and oxygen atoms in total. The van der Waals surface area contributed by atoms with Crippen LogP contribution in [0.2, 0.25) is 0 Å². The van der Waals surface area contributed by atoms with Crippen molar-refractivity contribution in [3.05, 3.63) is 35.2 Å². The normalized spacial score (nSPS) is 22.9. The van der Waals surface area contributed by atoms with Gasteiger partial charge in [-0.1, -0.05) is 13.8 Å². The number of aryl methyl sites for hydroxylation is 1. The second kappa shape index (κ2) is 8.54. The summed E-state index contributed by atoms with van der Waals surface area (Å²) in [5.41, 5.74) is 1.26. The van der Waals surface area contributed by atoms with E-state index in [4.69, 9.17) is 0 Å². The van der Waals surface area contributed by atoms with Crippen molar-refractivity contribution in [1.82, 2.24) is 24.6 Å². The van der Waals surface area contributed by atoms with Crippen molar-refractivity contribution in [2.24, 2.45) is 24.8 Å². The first kappa shape index (κ1) is 22.6. The smallest absolute Gasteiger partial charge is 0.355 e. The molecule has 10 heteroatoms. The van der Waals surface area contributed by atoms with E-state index in [0.29, 0.717) is 33.5 Å².